The number of hydrogen-bond donors (Lipinski definition) is 2. The average Bonchev–Trinajstić information content (AvgIpc) is 2.65. The molecule has 84 valence electrons. The van der Waals surface area contributed by atoms with Crippen LogP contribution < -0.4 is 11.3 Å². The molecule has 0 spiro atoms. The number of carbonyl (C=O) groups is 2. The maximum absolute atomic E-state index is 12.0. The van der Waals surface area contributed by atoms with Crippen molar-refractivity contribution >= 4 is 11.8 Å². The zero-order chi connectivity index (χ0) is 11.7. The van der Waals surface area contributed by atoms with E-state index in [0.717, 1.165) is 5.56 Å². The van der Waals surface area contributed by atoms with Gasteiger partial charge in [0, 0.05) is 12.1 Å². The number of nitrogens with two attached hydrogens (primary N) is 1. The van der Waals surface area contributed by atoms with Gasteiger partial charge in [0.1, 0.15) is 6.04 Å². The minimum absolute atomic E-state index is 0.119. The van der Waals surface area contributed by atoms with Crippen LogP contribution in [0.2, 0.25) is 0 Å². The summed E-state index contributed by atoms with van der Waals surface area (Å²) < 4.78 is 0. The van der Waals surface area contributed by atoms with Crippen LogP contribution in [0, 0.1) is 0 Å². The molecule has 0 aromatic heterocycles. The molecule has 1 unspecified atom stereocenters. The summed E-state index contributed by atoms with van der Waals surface area (Å²) in [7, 11) is 0. The molecule has 1 aliphatic rings. The Kier molecular flexibility index (Phi) is 2.62. The van der Waals surface area contributed by atoms with Crippen LogP contribution in [0.1, 0.15) is 22.8 Å². The van der Waals surface area contributed by atoms with Crippen molar-refractivity contribution in [3.05, 3.63) is 35.4 Å². The summed E-state index contributed by atoms with van der Waals surface area (Å²) in [5.74, 6) is 4.57. The number of nitrogens with zero attached hydrogens (tertiary/aromatic N) is 1. The van der Waals surface area contributed by atoms with Crippen molar-refractivity contribution in [2.45, 2.75) is 19.5 Å². The monoisotopic (exact) mass is 219 g/mol. The van der Waals surface area contributed by atoms with Crippen LogP contribution in [-0.4, -0.2) is 22.8 Å². The maximum atomic E-state index is 12.0. The highest BCUT2D eigenvalue weighted by molar-refractivity contribution is 6.00. The zero-order valence-corrected chi connectivity index (χ0v) is 8.93. The molecule has 1 atom stereocenters. The largest absolute Gasteiger partial charge is 0.322 e. The van der Waals surface area contributed by atoms with Gasteiger partial charge < -0.3 is 4.90 Å². The van der Waals surface area contributed by atoms with Crippen LogP contribution in [0.15, 0.2) is 24.3 Å². The Labute approximate surface area is 93.2 Å². The van der Waals surface area contributed by atoms with E-state index in [9.17, 15) is 9.59 Å². The maximum Gasteiger partial charge on any atom is 0.256 e. The fourth-order valence-corrected chi connectivity index (χ4v) is 1.85. The molecular weight excluding hydrogens is 206 g/mol. The van der Waals surface area contributed by atoms with Crippen LogP contribution in [0.5, 0.6) is 0 Å². The van der Waals surface area contributed by atoms with Crippen LogP contribution in [0.25, 0.3) is 0 Å². The lowest BCUT2D eigenvalue weighted by Gasteiger charge is -2.22. The van der Waals surface area contributed by atoms with Gasteiger partial charge in [0.25, 0.3) is 11.8 Å². The Morgan fingerprint density at radius 1 is 1.50 bits per heavy atom. The number of amides is 2. The van der Waals surface area contributed by atoms with Crippen LogP contribution in [0.3, 0.4) is 0 Å². The number of fused-ring (bicyclic) bond motifs is 1. The van der Waals surface area contributed by atoms with Crippen molar-refractivity contribution in [2.75, 3.05) is 0 Å². The smallest absolute Gasteiger partial charge is 0.256 e. The third-order valence-corrected chi connectivity index (χ3v) is 2.84. The number of hydrazine groups is 1. The molecular formula is C11H13N3O2. The summed E-state index contributed by atoms with van der Waals surface area (Å²) in [6.07, 6.45) is 0. The van der Waals surface area contributed by atoms with Gasteiger partial charge in [0.15, 0.2) is 0 Å². The van der Waals surface area contributed by atoms with Crippen molar-refractivity contribution < 1.29 is 9.59 Å². The summed E-state index contributed by atoms with van der Waals surface area (Å²) in [6.45, 7) is 2.12. The van der Waals surface area contributed by atoms with Gasteiger partial charge in [-0.25, -0.2) is 5.84 Å². The summed E-state index contributed by atoms with van der Waals surface area (Å²) >= 11 is 0. The first-order chi connectivity index (χ1) is 7.65. The van der Waals surface area contributed by atoms with Crippen molar-refractivity contribution in [2.24, 2.45) is 5.84 Å². The van der Waals surface area contributed by atoms with Gasteiger partial charge in [-0.05, 0) is 18.6 Å². The van der Waals surface area contributed by atoms with Gasteiger partial charge in [-0.3, -0.25) is 15.0 Å². The molecule has 1 aliphatic heterocycles. The van der Waals surface area contributed by atoms with E-state index in [1.54, 1.807) is 13.0 Å². The number of benzene rings is 1. The average molecular weight is 219 g/mol. The fourth-order valence-electron chi connectivity index (χ4n) is 1.85. The molecule has 5 nitrogen and oxygen atoms in total. The van der Waals surface area contributed by atoms with Crippen LogP contribution in [-0.2, 0) is 11.3 Å². The number of nitrogens with one attached hydrogen (secondary N) is 1. The normalized spacial score (nSPS) is 15.9. The Morgan fingerprint density at radius 3 is 2.81 bits per heavy atom. The van der Waals surface area contributed by atoms with E-state index in [-0.39, 0.29) is 11.8 Å². The van der Waals surface area contributed by atoms with Gasteiger partial charge in [0.05, 0.1) is 0 Å². The first-order valence-electron chi connectivity index (χ1n) is 5.04. The van der Waals surface area contributed by atoms with Gasteiger partial charge in [-0.1, -0.05) is 18.2 Å². The van der Waals surface area contributed by atoms with Crippen molar-refractivity contribution in [3.8, 4) is 0 Å². The lowest BCUT2D eigenvalue weighted by atomic mass is 10.1. The van der Waals surface area contributed by atoms with E-state index < -0.39 is 6.04 Å². The van der Waals surface area contributed by atoms with E-state index in [1.165, 1.54) is 4.90 Å². The molecule has 5 heteroatoms. The summed E-state index contributed by atoms with van der Waals surface area (Å²) in [5.41, 5.74) is 3.67. The highest BCUT2D eigenvalue weighted by atomic mass is 16.2. The van der Waals surface area contributed by atoms with Crippen molar-refractivity contribution in [1.82, 2.24) is 10.3 Å². The molecule has 0 saturated carbocycles. The second-order valence-corrected chi connectivity index (χ2v) is 3.77. The SMILES string of the molecule is CC(C(=O)NN)N1Cc2ccccc2C1=O. The minimum atomic E-state index is -0.551. The molecule has 2 rings (SSSR count). The molecule has 0 radical (unpaired) electrons. The quantitative estimate of drug-likeness (QED) is 0.418. The van der Waals surface area contributed by atoms with E-state index in [1.807, 2.05) is 18.2 Å². The third-order valence-electron chi connectivity index (χ3n) is 2.84. The zero-order valence-electron chi connectivity index (χ0n) is 8.93. The first-order valence-corrected chi connectivity index (χ1v) is 5.04. The number of rotatable bonds is 2. The Hall–Kier alpha value is -1.88. The lowest BCUT2D eigenvalue weighted by Crippen LogP contribution is -2.47. The Morgan fingerprint density at radius 2 is 2.19 bits per heavy atom. The van der Waals surface area contributed by atoms with E-state index in [4.69, 9.17) is 5.84 Å². The molecule has 0 saturated heterocycles. The van der Waals surface area contributed by atoms with Crippen LogP contribution >= 0.6 is 0 Å². The molecule has 1 aromatic rings. The summed E-state index contributed by atoms with van der Waals surface area (Å²) in [6, 6.07) is 6.80. The van der Waals surface area contributed by atoms with E-state index in [0.29, 0.717) is 12.1 Å². The molecule has 16 heavy (non-hydrogen) atoms. The lowest BCUT2D eigenvalue weighted by molar-refractivity contribution is -0.125. The highest BCUT2D eigenvalue weighted by Gasteiger charge is 2.33. The number of hydrogen-bond acceptors (Lipinski definition) is 3. The molecule has 3 N–H and O–H groups in total. The molecule has 1 heterocycles. The van der Waals surface area contributed by atoms with Crippen LogP contribution in [0.4, 0.5) is 0 Å². The van der Waals surface area contributed by atoms with Gasteiger partial charge in [-0.15, -0.1) is 0 Å². The van der Waals surface area contributed by atoms with Gasteiger partial charge in [0.2, 0.25) is 0 Å². The molecule has 0 aliphatic carbocycles. The molecule has 0 fully saturated rings. The fraction of sp³-hybridized carbons (Fsp3) is 0.273. The number of carbonyl (C=O) groups excluding carboxylic acids is 2. The molecule has 2 amide bonds. The predicted molar refractivity (Wildman–Crippen MR) is 58.1 cm³/mol. The molecule has 0 bridgehead atoms. The summed E-state index contributed by atoms with van der Waals surface area (Å²) in [5, 5.41) is 0. The third kappa shape index (κ3) is 1.55. The minimum Gasteiger partial charge on any atom is -0.322 e. The Bertz CT molecular complexity index is 445. The van der Waals surface area contributed by atoms with Gasteiger partial charge in [-0.2, -0.15) is 0 Å². The van der Waals surface area contributed by atoms with Crippen molar-refractivity contribution in [3.63, 3.8) is 0 Å². The predicted octanol–water partition coefficient (Wildman–Crippen LogP) is 0.0208. The van der Waals surface area contributed by atoms with Gasteiger partial charge >= 0.3 is 0 Å². The van der Waals surface area contributed by atoms with E-state index >= 15 is 0 Å². The summed E-state index contributed by atoms with van der Waals surface area (Å²) in [4.78, 5) is 24.8. The van der Waals surface area contributed by atoms with E-state index in [2.05, 4.69) is 5.43 Å². The topological polar surface area (TPSA) is 75.4 Å². The molecule has 1 aromatic carbocycles. The first kappa shape index (κ1) is 10.6. The highest BCUT2D eigenvalue weighted by Crippen LogP contribution is 2.23. The standard InChI is InChI=1S/C11H13N3O2/c1-7(10(15)13-12)14-6-8-4-2-3-5-9(8)11(14)16/h2-5,7H,6,12H2,1H3,(H,13,15). The Balaban J connectivity index is 2.25. The van der Waals surface area contributed by atoms with Crippen molar-refractivity contribution in [1.29, 1.82) is 0 Å². The second-order valence-electron chi connectivity index (χ2n) is 3.77. The second kappa shape index (κ2) is 3.94.